The van der Waals surface area contributed by atoms with Gasteiger partial charge in [0.05, 0.1) is 12.0 Å². The van der Waals surface area contributed by atoms with E-state index in [9.17, 15) is 14.0 Å². The standard InChI is InChI=1S/C18H16BrFN4O3/c19-12-7-11(8-13(20)9-12)14-10-16(24-23-14)22-17(25)4-1-5-21-18(26)15-3-2-6-27-15/h2-3,6-10H,1,4-5H2,(H,21,26)(H2,22,23,24,25). The summed E-state index contributed by atoms with van der Waals surface area (Å²) in [5.41, 5.74) is 1.19. The van der Waals surface area contributed by atoms with E-state index in [0.29, 0.717) is 34.5 Å². The molecule has 0 aliphatic carbocycles. The van der Waals surface area contributed by atoms with Crippen LogP contribution in [0, 0.1) is 5.82 Å². The van der Waals surface area contributed by atoms with Crippen LogP contribution in [0.25, 0.3) is 11.3 Å². The van der Waals surface area contributed by atoms with E-state index in [1.54, 1.807) is 24.3 Å². The summed E-state index contributed by atoms with van der Waals surface area (Å²) >= 11 is 3.24. The van der Waals surface area contributed by atoms with Gasteiger partial charge in [-0.2, -0.15) is 5.10 Å². The number of furan rings is 1. The molecule has 2 heterocycles. The number of hydrogen-bond donors (Lipinski definition) is 3. The Hall–Kier alpha value is -2.94. The lowest BCUT2D eigenvalue weighted by Gasteiger charge is -2.03. The number of aromatic nitrogens is 2. The topological polar surface area (TPSA) is 100 Å². The first-order valence-electron chi connectivity index (χ1n) is 8.15. The molecule has 0 atom stereocenters. The predicted octanol–water partition coefficient (Wildman–Crippen LogP) is 3.72. The summed E-state index contributed by atoms with van der Waals surface area (Å²) < 4.78 is 19.1. The molecule has 140 valence electrons. The largest absolute Gasteiger partial charge is 0.459 e. The molecule has 2 aromatic heterocycles. The van der Waals surface area contributed by atoms with Gasteiger partial charge in [-0.05, 0) is 36.8 Å². The van der Waals surface area contributed by atoms with E-state index in [4.69, 9.17) is 4.42 Å². The minimum atomic E-state index is -0.379. The van der Waals surface area contributed by atoms with Crippen molar-refractivity contribution in [1.29, 1.82) is 0 Å². The zero-order chi connectivity index (χ0) is 19.2. The van der Waals surface area contributed by atoms with Crippen molar-refractivity contribution >= 4 is 33.6 Å². The number of rotatable bonds is 7. The molecule has 9 heteroatoms. The first kappa shape index (κ1) is 18.8. The van der Waals surface area contributed by atoms with Crippen molar-refractivity contribution in [3.8, 4) is 11.3 Å². The van der Waals surface area contributed by atoms with Crippen LogP contribution in [-0.4, -0.2) is 28.6 Å². The van der Waals surface area contributed by atoms with Gasteiger partial charge < -0.3 is 15.1 Å². The van der Waals surface area contributed by atoms with Gasteiger partial charge in [-0.15, -0.1) is 0 Å². The lowest BCUT2D eigenvalue weighted by atomic mass is 10.1. The number of nitrogens with zero attached hydrogens (tertiary/aromatic N) is 1. The highest BCUT2D eigenvalue weighted by molar-refractivity contribution is 9.10. The number of halogens is 2. The van der Waals surface area contributed by atoms with Crippen LogP contribution in [0.2, 0.25) is 0 Å². The van der Waals surface area contributed by atoms with Crippen LogP contribution in [-0.2, 0) is 4.79 Å². The molecular weight excluding hydrogens is 419 g/mol. The Balaban J connectivity index is 1.46. The molecule has 0 radical (unpaired) electrons. The number of nitrogens with one attached hydrogen (secondary N) is 3. The zero-order valence-corrected chi connectivity index (χ0v) is 15.7. The minimum Gasteiger partial charge on any atom is -0.459 e. The molecule has 0 aliphatic heterocycles. The maximum atomic E-state index is 13.5. The number of aromatic amines is 1. The number of carbonyl (C=O) groups excluding carboxylic acids is 2. The van der Waals surface area contributed by atoms with Gasteiger partial charge in [-0.1, -0.05) is 15.9 Å². The zero-order valence-electron chi connectivity index (χ0n) is 14.1. The first-order valence-corrected chi connectivity index (χ1v) is 8.94. The normalized spacial score (nSPS) is 10.6. The third-order valence-corrected chi connectivity index (χ3v) is 4.09. The summed E-state index contributed by atoms with van der Waals surface area (Å²) in [4.78, 5) is 23.7. The molecule has 3 N–H and O–H groups in total. The van der Waals surface area contributed by atoms with Crippen LogP contribution in [0.15, 0.2) is 51.6 Å². The molecule has 7 nitrogen and oxygen atoms in total. The third kappa shape index (κ3) is 5.27. The van der Waals surface area contributed by atoms with Crippen molar-refractivity contribution in [3.05, 3.63) is 58.7 Å². The van der Waals surface area contributed by atoms with Crippen molar-refractivity contribution < 1.29 is 18.4 Å². The van der Waals surface area contributed by atoms with E-state index in [1.807, 2.05) is 0 Å². The Morgan fingerprint density at radius 3 is 2.85 bits per heavy atom. The third-order valence-electron chi connectivity index (χ3n) is 3.63. The van der Waals surface area contributed by atoms with Crippen molar-refractivity contribution in [3.63, 3.8) is 0 Å². The molecule has 0 unspecified atom stereocenters. The number of anilines is 1. The van der Waals surface area contributed by atoms with Gasteiger partial charge in [0.2, 0.25) is 5.91 Å². The molecule has 0 bridgehead atoms. The van der Waals surface area contributed by atoms with E-state index in [-0.39, 0.29) is 29.8 Å². The van der Waals surface area contributed by atoms with E-state index in [0.717, 1.165) is 0 Å². The maximum absolute atomic E-state index is 13.5. The van der Waals surface area contributed by atoms with Gasteiger partial charge >= 0.3 is 0 Å². The second kappa shape index (κ2) is 8.63. The average molecular weight is 435 g/mol. The summed E-state index contributed by atoms with van der Waals surface area (Å²) in [7, 11) is 0. The Labute approximate surface area is 162 Å². The smallest absolute Gasteiger partial charge is 0.286 e. The fourth-order valence-electron chi connectivity index (χ4n) is 2.39. The highest BCUT2D eigenvalue weighted by Gasteiger charge is 2.10. The second-order valence-corrected chi connectivity index (χ2v) is 6.63. The summed E-state index contributed by atoms with van der Waals surface area (Å²) in [6.45, 7) is 0.343. The number of benzene rings is 1. The molecule has 0 spiro atoms. The summed E-state index contributed by atoms with van der Waals surface area (Å²) in [5.74, 6) is -0.363. The highest BCUT2D eigenvalue weighted by atomic mass is 79.9. The van der Waals surface area contributed by atoms with Crippen LogP contribution in [0.4, 0.5) is 10.2 Å². The van der Waals surface area contributed by atoms with Gasteiger partial charge in [-0.3, -0.25) is 14.7 Å². The average Bonchev–Trinajstić information content (AvgIpc) is 3.29. The van der Waals surface area contributed by atoms with E-state index in [1.165, 1.54) is 18.4 Å². The highest BCUT2D eigenvalue weighted by Crippen LogP contribution is 2.24. The van der Waals surface area contributed by atoms with Gasteiger partial charge in [0.1, 0.15) is 5.82 Å². The summed E-state index contributed by atoms with van der Waals surface area (Å²) in [5, 5.41) is 12.1. The molecule has 0 aliphatic rings. The van der Waals surface area contributed by atoms with Crippen molar-refractivity contribution in [2.24, 2.45) is 0 Å². The summed E-state index contributed by atoms with van der Waals surface area (Å²) in [6, 6.07) is 9.28. The van der Waals surface area contributed by atoms with Crippen LogP contribution in [0.1, 0.15) is 23.4 Å². The first-order chi connectivity index (χ1) is 13.0. The molecule has 27 heavy (non-hydrogen) atoms. The van der Waals surface area contributed by atoms with Crippen molar-refractivity contribution in [2.75, 3.05) is 11.9 Å². The molecule has 0 saturated heterocycles. The number of H-pyrrole nitrogens is 1. The molecule has 3 rings (SSSR count). The monoisotopic (exact) mass is 434 g/mol. The van der Waals surface area contributed by atoms with Gasteiger partial charge in [0, 0.05) is 29.1 Å². The molecule has 0 fully saturated rings. The lowest BCUT2D eigenvalue weighted by Crippen LogP contribution is -2.25. The predicted molar refractivity (Wildman–Crippen MR) is 101 cm³/mol. The maximum Gasteiger partial charge on any atom is 0.286 e. The number of amides is 2. The van der Waals surface area contributed by atoms with Gasteiger partial charge in [-0.25, -0.2) is 4.39 Å². The van der Waals surface area contributed by atoms with Crippen molar-refractivity contribution in [2.45, 2.75) is 12.8 Å². The molecule has 2 amide bonds. The Morgan fingerprint density at radius 1 is 1.26 bits per heavy atom. The molecule has 0 saturated carbocycles. The minimum absolute atomic E-state index is 0.214. The van der Waals surface area contributed by atoms with Crippen LogP contribution in [0.5, 0.6) is 0 Å². The van der Waals surface area contributed by atoms with Gasteiger partial charge in [0.25, 0.3) is 5.91 Å². The number of hydrogen-bond acceptors (Lipinski definition) is 4. The van der Waals surface area contributed by atoms with Crippen LogP contribution in [0.3, 0.4) is 0 Å². The Bertz CT molecular complexity index is 920. The SMILES string of the molecule is O=C(CCCNC(=O)c1ccco1)Nc1cc(-c2cc(F)cc(Br)c2)[nH]n1. The molecule has 3 aromatic rings. The van der Waals surface area contributed by atoms with Crippen LogP contribution >= 0.6 is 15.9 Å². The fraction of sp³-hybridized carbons (Fsp3) is 0.167. The van der Waals surface area contributed by atoms with Crippen LogP contribution < -0.4 is 10.6 Å². The summed E-state index contributed by atoms with van der Waals surface area (Å²) in [6.07, 6.45) is 2.10. The Kier molecular flexibility index (Phi) is 6.02. The quantitative estimate of drug-likeness (QED) is 0.493. The van der Waals surface area contributed by atoms with E-state index >= 15 is 0 Å². The number of carbonyl (C=O) groups is 2. The lowest BCUT2D eigenvalue weighted by molar-refractivity contribution is -0.116. The Morgan fingerprint density at radius 2 is 2.11 bits per heavy atom. The molecular formula is C18H16BrFN4O3. The van der Waals surface area contributed by atoms with Crippen molar-refractivity contribution in [1.82, 2.24) is 15.5 Å². The molecule has 1 aromatic carbocycles. The fourth-order valence-corrected chi connectivity index (χ4v) is 2.86. The van der Waals surface area contributed by atoms with E-state index in [2.05, 4.69) is 36.8 Å². The van der Waals surface area contributed by atoms with E-state index < -0.39 is 0 Å². The van der Waals surface area contributed by atoms with Gasteiger partial charge in [0.15, 0.2) is 11.6 Å². The second-order valence-electron chi connectivity index (χ2n) is 5.71.